The Kier molecular flexibility index (Phi) is 15.6. The summed E-state index contributed by atoms with van der Waals surface area (Å²) >= 11 is 0. The third-order valence-corrected chi connectivity index (χ3v) is 10.2. The van der Waals surface area contributed by atoms with E-state index in [0.29, 0.717) is 68.5 Å². The Bertz CT molecular complexity index is 1510. The summed E-state index contributed by atoms with van der Waals surface area (Å²) in [6.07, 6.45) is 14.1. The van der Waals surface area contributed by atoms with E-state index in [-0.39, 0.29) is 29.0 Å². The molecule has 0 unspecified atom stereocenters. The predicted molar refractivity (Wildman–Crippen MR) is 205 cm³/mol. The number of rotatable bonds is 20. The van der Waals surface area contributed by atoms with Crippen molar-refractivity contribution in [2.75, 3.05) is 46.2 Å². The molecule has 2 aromatic rings. The number of aromatic hydroxyl groups is 2. The summed E-state index contributed by atoms with van der Waals surface area (Å²) in [5.74, 6) is 1.38. The molecule has 2 aliphatic rings. The first kappa shape index (κ1) is 40.9. The molecule has 0 spiro atoms. The van der Waals surface area contributed by atoms with Gasteiger partial charge in [-0.3, -0.25) is 15.1 Å². The van der Waals surface area contributed by atoms with Crippen molar-refractivity contribution in [2.24, 2.45) is 16.6 Å². The number of guanidine groups is 1. The lowest BCUT2D eigenvalue weighted by Crippen LogP contribution is -2.51. The van der Waals surface area contributed by atoms with Crippen LogP contribution in [0.1, 0.15) is 88.7 Å². The molecule has 0 bridgehead atoms. The molecule has 2 fully saturated rings. The Labute approximate surface area is 309 Å². The molecule has 2 aromatic carbocycles. The number of aryl methyl sites for hydroxylation is 2. The minimum Gasteiger partial charge on any atom is -0.504 e. The monoisotopic (exact) mass is 723 g/mol. The van der Waals surface area contributed by atoms with Gasteiger partial charge >= 0.3 is 0 Å². The summed E-state index contributed by atoms with van der Waals surface area (Å²) in [5.41, 5.74) is 7.36. The third kappa shape index (κ3) is 12.1. The molecule has 0 amide bonds. The molecule has 4 rings (SSSR count). The zero-order chi connectivity index (χ0) is 37.6. The predicted octanol–water partition coefficient (Wildman–Crippen LogP) is 5.33. The van der Waals surface area contributed by atoms with Crippen LogP contribution in [0.5, 0.6) is 23.0 Å². The number of likely N-dealkylation sites (N-methyl/N-ethyl adjacent to an activating group) is 1. The van der Waals surface area contributed by atoms with Gasteiger partial charge in [0.25, 0.3) is 0 Å². The number of hydrogen-bond donors (Lipinski definition) is 7. The molecule has 52 heavy (non-hydrogen) atoms. The number of ether oxygens (including phenoxy) is 3. The molecule has 8 N–H and O–H groups in total. The first-order valence-corrected chi connectivity index (χ1v) is 18.8. The van der Waals surface area contributed by atoms with Gasteiger partial charge in [-0.05, 0) is 132 Å². The van der Waals surface area contributed by atoms with Gasteiger partial charge in [0.15, 0.2) is 34.7 Å². The largest absolute Gasteiger partial charge is 0.504 e. The number of aliphatic hydroxyl groups excluding tert-OH is 1. The van der Waals surface area contributed by atoms with Gasteiger partial charge in [-0.25, -0.2) is 0 Å². The minimum absolute atomic E-state index is 0.0104. The van der Waals surface area contributed by atoms with Crippen LogP contribution in [0.4, 0.5) is 5.69 Å². The van der Waals surface area contributed by atoms with E-state index in [1.807, 2.05) is 25.3 Å². The molecule has 3 atom stereocenters. The van der Waals surface area contributed by atoms with Crippen molar-refractivity contribution < 1.29 is 34.3 Å². The molecule has 2 saturated carbocycles. The van der Waals surface area contributed by atoms with E-state index >= 15 is 0 Å². The number of nitrogens with zero attached hydrogens (tertiary/aromatic N) is 1. The Morgan fingerprint density at radius 2 is 1.87 bits per heavy atom. The molecule has 12 heteroatoms. The maximum atomic E-state index is 12.6. The molecular formula is C40H61N5O7. The summed E-state index contributed by atoms with van der Waals surface area (Å²) in [5, 5.41) is 40.9. The molecule has 0 aliphatic heterocycles. The van der Waals surface area contributed by atoms with Crippen molar-refractivity contribution in [2.45, 2.75) is 108 Å². The molecule has 288 valence electrons. The highest BCUT2D eigenvalue weighted by atomic mass is 16.5. The number of aliphatic hydroxyl groups is 1. The molecule has 2 aliphatic carbocycles. The van der Waals surface area contributed by atoms with E-state index < -0.39 is 11.7 Å². The van der Waals surface area contributed by atoms with Crippen LogP contribution in [0, 0.1) is 5.92 Å². The van der Waals surface area contributed by atoms with Crippen molar-refractivity contribution in [1.82, 2.24) is 10.6 Å². The van der Waals surface area contributed by atoms with Gasteiger partial charge in [0.05, 0.1) is 18.9 Å². The van der Waals surface area contributed by atoms with Crippen LogP contribution >= 0.6 is 0 Å². The third-order valence-electron chi connectivity index (χ3n) is 10.2. The number of carbonyl (C=O) groups is 1. The highest BCUT2D eigenvalue weighted by molar-refractivity contribution is 5.94. The molecule has 0 heterocycles. The molecule has 0 radical (unpaired) electrons. The number of phenolic OH excluding ortho intramolecular Hbond substituents is 2. The van der Waals surface area contributed by atoms with Crippen LogP contribution in [0.2, 0.25) is 0 Å². The fourth-order valence-electron chi connectivity index (χ4n) is 7.41. The Balaban J connectivity index is 1.39. The number of ketones is 1. The Hall–Kier alpha value is -3.84. The van der Waals surface area contributed by atoms with Crippen molar-refractivity contribution in [3.8, 4) is 23.0 Å². The average Bonchev–Trinajstić information content (AvgIpc) is 3.53. The van der Waals surface area contributed by atoms with Crippen molar-refractivity contribution >= 4 is 17.4 Å². The van der Waals surface area contributed by atoms with Gasteiger partial charge in [0.1, 0.15) is 11.3 Å². The summed E-state index contributed by atoms with van der Waals surface area (Å²) in [6, 6.07) is 8.81. The zero-order valence-electron chi connectivity index (χ0n) is 31.5. The fraction of sp³-hybridized carbons (Fsp3) is 0.600. The van der Waals surface area contributed by atoms with Crippen LogP contribution < -0.4 is 31.2 Å². The van der Waals surface area contributed by atoms with Gasteiger partial charge < -0.3 is 45.9 Å². The van der Waals surface area contributed by atoms with E-state index in [9.17, 15) is 20.1 Å². The smallest absolute Gasteiger partial charge is 0.192 e. The number of allylic oxidation sites excluding steroid dienone is 2. The minimum atomic E-state index is -0.516. The lowest BCUT2D eigenvalue weighted by Gasteiger charge is -2.39. The van der Waals surface area contributed by atoms with Gasteiger partial charge in [-0.1, -0.05) is 18.6 Å². The lowest BCUT2D eigenvalue weighted by atomic mass is 9.91. The molecule has 12 nitrogen and oxygen atoms in total. The van der Waals surface area contributed by atoms with E-state index in [1.54, 1.807) is 38.2 Å². The first-order valence-electron chi connectivity index (χ1n) is 18.8. The first-order chi connectivity index (χ1) is 25.0. The molecule has 0 saturated heterocycles. The SMILES string of the molecule is CN=C(N)Nc1cc(CC/C=C/C(=O)CCc2ccc(O)c(OC)c2)cc(O[C@]2(CNC)CC[C@@H](CCOC3(NC[C@H](C)O)CCCCC3)C2)c1O. The zero-order valence-corrected chi connectivity index (χ0v) is 31.5. The second-order valence-electron chi connectivity index (χ2n) is 14.5. The number of nitrogens with two attached hydrogens (primary N) is 1. The average molecular weight is 724 g/mol. The van der Waals surface area contributed by atoms with E-state index in [0.717, 1.165) is 62.5 Å². The number of hydrogen-bond acceptors (Lipinski definition) is 10. The van der Waals surface area contributed by atoms with Crippen LogP contribution in [0.25, 0.3) is 0 Å². The highest BCUT2D eigenvalue weighted by Gasteiger charge is 2.42. The van der Waals surface area contributed by atoms with Gasteiger partial charge in [-0.2, -0.15) is 0 Å². The summed E-state index contributed by atoms with van der Waals surface area (Å²) in [4.78, 5) is 16.6. The van der Waals surface area contributed by atoms with Gasteiger partial charge in [0, 0.05) is 33.2 Å². The number of phenols is 2. The maximum Gasteiger partial charge on any atom is 0.192 e. The number of carbonyl (C=O) groups excluding carboxylic acids is 1. The normalized spacial score (nSPS) is 20.9. The lowest BCUT2D eigenvalue weighted by molar-refractivity contribution is -0.114. The Morgan fingerprint density at radius 3 is 2.58 bits per heavy atom. The van der Waals surface area contributed by atoms with Crippen molar-refractivity contribution in [3.05, 3.63) is 53.6 Å². The number of aliphatic imine (C=N–C) groups is 1. The van der Waals surface area contributed by atoms with Crippen LogP contribution in [0.15, 0.2) is 47.5 Å². The molecular weight excluding hydrogens is 662 g/mol. The topological polar surface area (TPSA) is 180 Å². The van der Waals surface area contributed by atoms with Crippen LogP contribution in [-0.4, -0.2) is 85.4 Å². The summed E-state index contributed by atoms with van der Waals surface area (Å²) < 4.78 is 18.5. The fourth-order valence-corrected chi connectivity index (χ4v) is 7.41. The van der Waals surface area contributed by atoms with Gasteiger partial charge in [-0.15, -0.1) is 0 Å². The number of nitrogens with one attached hydrogen (secondary N) is 3. The van der Waals surface area contributed by atoms with Crippen LogP contribution in [-0.2, 0) is 22.4 Å². The van der Waals surface area contributed by atoms with Gasteiger partial charge in [0.2, 0.25) is 0 Å². The quantitative estimate of drug-likeness (QED) is 0.0309. The van der Waals surface area contributed by atoms with Crippen molar-refractivity contribution in [1.29, 1.82) is 0 Å². The van der Waals surface area contributed by atoms with Crippen molar-refractivity contribution in [3.63, 3.8) is 0 Å². The standard InChI is InChI=1S/C40H61N5O7/c1-28(46)26-44-40(18-8-5-9-19-40)51-21-17-30-16-20-39(25-30,27-42-2)52-36-24-31(22-33(37(36)49)45-38(41)43-3)10-6-7-11-32(47)14-12-29-13-15-34(48)35(23-29)50-4/h7,11,13,15,22-24,28,30,42,44,46,48-49H,5-6,8-10,12,14,16-21,25-27H2,1-4H3,(H3,41,43,45)/b11-7+/t28-,30-,39+/m0/s1. The van der Waals surface area contributed by atoms with Crippen LogP contribution in [0.3, 0.4) is 0 Å². The second-order valence-corrected chi connectivity index (χ2v) is 14.5. The number of benzene rings is 2. The summed E-state index contributed by atoms with van der Waals surface area (Å²) in [6.45, 7) is 3.57. The van der Waals surface area contributed by atoms with E-state index in [1.165, 1.54) is 13.5 Å². The summed E-state index contributed by atoms with van der Waals surface area (Å²) in [7, 11) is 4.99. The number of anilines is 1. The highest BCUT2D eigenvalue weighted by Crippen LogP contribution is 2.44. The van der Waals surface area contributed by atoms with E-state index in [4.69, 9.17) is 19.9 Å². The number of methoxy groups -OCH3 is 1. The molecule has 0 aromatic heterocycles. The second kappa shape index (κ2) is 19.8. The Morgan fingerprint density at radius 1 is 1.10 bits per heavy atom. The van der Waals surface area contributed by atoms with E-state index in [2.05, 4.69) is 20.9 Å². The maximum absolute atomic E-state index is 12.6.